The fourth-order valence-corrected chi connectivity index (χ4v) is 12.9. The van der Waals surface area contributed by atoms with Crippen molar-refractivity contribution in [1.29, 1.82) is 0 Å². The molecule has 13 atom stereocenters. The first-order valence-electron chi connectivity index (χ1n) is 15.5. The Labute approximate surface area is 229 Å². The van der Waals surface area contributed by atoms with Crippen LogP contribution in [-0.4, -0.2) is 57.0 Å². The lowest BCUT2D eigenvalue weighted by Gasteiger charge is -2.63. The topological polar surface area (TPSA) is 91.5 Å². The molecule has 6 nitrogen and oxygen atoms in total. The lowest BCUT2D eigenvalue weighted by atomic mass is 9.41. The Bertz CT molecular complexity index is 1080. The Hall–Kier alpha value is -0.690. The summed E-state index contributed by atoms with van der Waals surface area (Å²) in [7, 11) is 0. The van der Waals surface area contributed by atoms with Gasteiger partial charge in [-0.2, -0.15) is 0 Å². The Morgan fingerprint density at radius 1 is 1.00 bits per heavy atom. The van der Waals surface area contributed by atoms with Gasteiger partial charge in [0.1, 0.15) is 6.10 Å². The molecule has 214 valence electrons. The lowest BCUT2D eigenvalue weighted by molar-refractivity contribution is -0.241. The van der Waals surface area contributed by atoms with Crippen LogP contribution in [0.15, 0.2) is 4.99 Å². The molecule has 0 radical (unpaired) electrons. The Kier molecular flexibility index (Phi) is 4.97. The van der Waals surface area contributed by atoms with E-state index in [1.165, 1.54) is 25.7 Å². The maximum Gasteiger partial charge on any atom is 0.203 e. The molecule has 2 heterocycles. The molecule has 6 heteroatoms. The third-order valence-corrected chi connectivity index (χ3v) is 14.5. The summed E-state index contributed by atoms with van der Waals surface area (Å²) in [6.07, 6.45) is 7.06. The normalized spacial score (nSPS) is 58.7. The van der Waals surface area contributed by atoms with Gasteiger partial charge in [-0.05, 0) is 105 Å². The van der Waals surface area contributed by atoms with E-state index in [1.54, 1.807) is 13.8 Å². The summed E-state index contributed by atoms with van der Waals surface area (Å²) in [4.78, 5) is 5.22. The lowest BCUT2D eigenvalue weighted by Crippen LogP contribution is -2.60. The van der Waals surface area contributed by atoms with Gasteiger partial charge < -0.3 is 24.8 Å². The van der Waals surface area contributed by atoms with Gasteiger partial charge in [0.15, 0.2) is 12.0 Å². The van der Waals surface area contributed by atoms with Gasteiger partial charge in [-0.25, -0.2) is 4.99 Å². The summed E-state index contributed by atoms with van der Waals surface area (Å²) in [5, 5.41) is 32.9. The van der Waals surface area contributed by atoms with Crippen molar-refractivity contribution in [2.24, 2.45) is 55.7 Å². The highest BCUT2D eigenvalue weighted by Crippen LogP contribution is 2.90. The maximum atomic E-state index is 11.2. The smallest absolute Gasteiger partial charge is 0.203 e. The van der Waals surface area contributed by atoms with E-state index in [0.717, 1.165) is 25.7 Å². The molecule has 1 saturated heterocycles. The van der Waals surface area contributed by atoms with E-state index >= 15 is 0 Å². The minimum Gasteiger partial charge on any atom is -0.472 e. The van der Waals surface area contributed by atoms with Crippen LogP contribution in [0.1, 0.15) is 107 Å². The summed E-state index contributed by atoms with van der Waals surface area (Å²) >= 11 is 0. The van der Waals surface area contributed by atoms with Gasteiger partial charge >= 0.3 is 0 Å². The van der Waals surface area contributed by atoms with Crippen LogP contribution in [-0.2, 0) is 9.47 Å². The number of aliphatic imine (C=N–C) groups is 1. The number of rotatable bonds is 2. The number of hydrogen-bond donors (Lipinski definition) is 3. The zero-order valence-corrected chi connectivity index (χ0v) is 24.9. The van der Waals surface area contributed by atoms with Crippen molar-refractivity contribution < 1.29 is 24.8 Å². The highest BCUT2D eigenvalue weighted by atomic mass is 16.6. The van der Waals surface area contributed by atoms with Gasteiger partial charge in [-0.1, -0.05) is 34.6 Å². The number of nitrogens with zero attached hydrogens (tertiary/aromatic N) is 1. The van der Waals surface area contributed by atoms with E-state index < -0.39 is 23.5 Å². The maximum absolute atomic E-state index is 11.2. The predicted octanol–water partition coefficient (Wildman–Crippen LogP) is 5.08. The largest absolute Gasteiger partial charge is 0.472 e. The molecule has 0 bridgehead atoms. The van der Waals surface area contributed by atoms with Crippen molar-refractivity contribution in [1.82, 2.24) is 0 Å². The van der Waals surface area contributed by atoms with E-state index in [1.807, 2.05) is 6.92 Å². The van der Waals surface area contributed by atoms with Crippen LogP contribution in [0.5, 0.6) is 0 Å². The first-order chi connectivity index (χ1) is 17.5. The van der Waals surface area contributed by atoms with Gasteiger partial charge in [0.2, 0.25) is 5.72 Å². The Morgan fingerprint density at radius 3 is 2.34 bits per heavy atom. The molecule has 6 fully saturated rings. The molecule has 3 N–H and O–H groups in total. The standard InChI is InChI=1S/C32H51NO5/c1-17-15-19(24(35)27(5,6)36)38-32-23(17)28(7)13-14-31-16-30(31)12-11-22(34)26(3,4)20(30)9-10-21(31)29(28,8)25(32)37-18(2)33-32/h17,19-25,34-36H,9-16H2,1-8H3/t17-,19-,20+,21+,22+,23-,24+,25?,28-,29-,30-,31+,32?/m1/s1. The van der Waals surface area contributed by atoms with Gasteiger partial charge in [-0.3, -0.25) is 0 Å². The van der Waals surface area contributed by atoms with Crippen molar-refractivity contribution in [2.75, 3.05) is 0 Å². The van der Waals surface area contributed by atoms with Crippen LogP contribution in [0, 0.1) is 50.7 Å². The quantitative estimate of drug-likeness (QED) is 0.464. The molecule has 2 aliphatic heterocycles. The van der Waals surface area contributed by atoms with Gasteiger partial charge in [0.25, 0.3) is 0 Å². The minimum absolute atomic E-state index is 0.0160. The summed E-state index contributed by atoms with van der Waals surface area (Å²) in [5.74, 6) is 2.33. The average molecular weight is 530 g/mol. The van der Waals surface area contributed by atoms with E-state index in [9.17, 15) is 15.3 Å². The van der Waals surface area contributed by atoms with Crippen molar-refractivity contribution in [3.8, 4) is 0 Å². The zero-order valence-electron chi connectivity index (χ0n) is 24.9. The number of hydrogen-bond acceptors (Lipinski definition) is 6. The molecule has 3 spiro atoms. The second-order valence-electron chi connectivity index (χ2n) is 16.6. The summed E-state index contributed by atoms with van der Waals surface area (Å²) in [5.41, 5.74) is -1.50. The molecular weight excluding hydrogens is 478 g/mol. The third kappa shape index (κ3) is 2.65. The molecular formula is C32H51NO5. The van der Waals surface area contributed by atoms with Crippen LogP contribution in [0.25, 0.3) is 0 Å². The second-order valence-corrected chi connectivity index (χ2v) is 16.6. The molecule has 5 saturated carbocycles. The highest BCUT2D eigenvalue weighted by molar-refractivity contribution is 5.76. The first-order valence-corrected chi connectivity index (χ1v) is 15.5. The summed E-state index contributed by atoms with van der Waals surface area (Å²) in [6, 6.07) is 0. The van der Waals surface area contributed by atoms with Gasteiger partial charge in [-0.15, -0.1) is 0 Å². The SMILES string of the molecule is CC1=NC23O[C@@H]([C@H](O)C(C)(C)O)C[C@@H](C)[C@@H]2[C@@]2(C)CC[C@@]45C[C@@]46CC[C@H](O)C(C)(C)[C@@H]6CC[C@H]5[C@]2(C)C3O1. The van der Waals surface area contributed by atoms with Crippen molar-refractivity contribution in [3.63, 3.8) is 0 Å². The van der Waals surface area contributed by atoms with Crippen LogP contribution < -0.4 is 0 Å². The minimum atomic E-state index is -1.25. The molecule has 2 unspecified atom stereocenters. The van der Waals surface area contributed by atoms with Crippen LogP contribution in [0.4, 0.5) is 0 Å². The summed E-state index contributed by atoms with van der Waals surface area (Å²) < 4.78 is 13.8. The van der Waals surface area contributed by atoms with E-state index in [0.29, 0.717) is 34.5 Å². The van der Waals surface area contributed by atoms with Gasteiger partial charge in [0, 0.05) is 18.3 Å². The fraction of sp³-hybridized carbons (Fsp3) is 0.969. The Morgan fingerprint density at radius 2 is 1.66 bits per heavy atom. The van der Waals surface area contributed by atoms with Crippen molar-refractivity contribution in [3.05, 3.63) is 0 Å². The number of ether oxygens (including phenoxy) is 2. The number of aliphatic hydroxyl groups excluding tert-OH is 2. The molecule has 7 rings (SSSR count). The molecule has 0 aromatic heterocycles. The zero-order chi connectivity index (χ0) is 27.5. The van der Waals surface area contributed by atoms with E-state index in [2.05, 4.69) is 34.6 Å². The predicted molar refractivity (Wildman–Crippen MR) is 145 cm³/mol. The van der Waals surface area contributed by atoms with Crippen molar-refractivity contribution >= 4 is 5.90 Å². The molecule has 38 heavy (non-hydrogen) atoms. The number of fused-ring (bicyclic) bond motifs is 4. The molecule has 0 aromatic carbocycles. The van der Waals surface area contributed by atoms with Crippen LogP contribution >= 0.6 is 0 Å². The number of aliphatic hydroxyl groups is 3. The van der Waals surface area contributed by atoms with Crippen molar-refractivity contribution in [2.45, 2.75) is 142 Å². The van der Waals surface area contributed by atoms with E-state index in [-0.39, 0.29) is 34.4 Å². The second kappa shape index (κ2) is 7.20. The first kappa shape index (κ1) is 26.2. The van der Waals surface area contributed by atoms with Crippen LogP contribution in [0.3, 0.4) is 0 Å². The van der Waals surface area contributed by atoms with Crippen LogP contribution in [0.2, 0.25) is 0 Å². The monoisotopic (exact) mass is 529 g/mol. The fourth-order valence-electron chi connectivity index (χ4n) is 12.9. The molecule has 0 amide bonds. The molecule has 0 aromatic rings. The highest BCUT2D eigenvalue weighted by Gasteiger charge is 2.88. The molecule has 5 aliphatic carbocycles. The molecule has 7 aliphatic rings. The Balaban J connectivity index is 1.33. The third-order valence-electron chi connectivity index (χ3n) is 14.5. The average Bonchev–Trinajstić information content (AvgIpc) is 3.32. The van der Waals surface area contributed by atoms with Gasteiger partial charge in [0.05, 0.1) is 17.8 Å². The summed E-state index contributed by atoms with van der Waals surface area (Å²) in [6.45, 7) is 17.3. The van der Waals surface area contributed by atoms with E-state index in [4.69, 9.17) is 14.5 Å².